The first-order valence-electron chi connectivity index (χ1n) is 7.11. The van der Waals surface area contributed by atoms with Crippen molar-refractivity contribution in [1.29, 1.82) is 0 Å². The molecule has 0 radical (unpaired) electrons. The molecule has 1 N–H and O–H groups in total. The van der Waals surface area contributed by atoms with Crippen molar-refractivity contribution in [3.63, 3.8) is 0 Å². The Morgan fingerprint density at radius 3 is 2.78 bits per heavy atom. The first-order chi connectivity index (χ1) is 11.2. The van der Waals surface area contributed by atoms with Crippen molar-refractivity contribution in [3.05, 3.63) is 59.2 Å². The largest absolute Gasteiger partial charge is 0.332 e. The van der Waals surface area contributed by atoms with Crippen molar-refractivity contribution in [1.82, 2.24) is 14.8 Å². The number of halogens is 1. The van der Waals surface area contributed by atoms with Crippen LogP contribution in [0.15, 0.2) is 59.2 Å². The van der Waals surface area contributed by atoms with Gasteiger partial charge in [-0.2, -0.15) is 5.10 Å². The number of nitrogens with one attached hydrogen (secondary N) is 1. The van der Waals surface area contributed by atoms with Crippen LogP contribution >= 0.6 is 27.3 Å². The number of nitrogens with zero attached hydrogens (tertiary/aromatic N) is 3. The molecule has 0 bridgehead atoms. The number of aryl methyl sites for hydroxylation is 1. The molecule has 2 aromatic heterocycles. The predicted molar refractivity (Wildman–Crippen MR) is 99.2 cm³/mol. The number of hydrogen-bond acceptors (Lipinski definition) is 4. The third kappa shape index (κ3) is 2.75. The number of rotatable bonds is 3. The van der Waals surface area contributed by atoms with Crippen LogP contribution < -0.4 is 5.32 Å². The summed E-state index contributed by atoms with van der Waals surface area (Å²) in [4.78, 5) is 4.62. The van der Waals surface area contributed by atoms with E-state index in [1.54, 1.807) is 11.3 Å². The molecule has 0 aliphatic rings. The molecular formula is C17H13BrN4S. The van der Waals surface area contributed by atoms with Gasteiger partial charge in [-0.1, -0.05) is 35.6 Å². The lowest BCUT2D eigenvalue weighted by atomic mass is 10.1. The molecule has 23 heavy (non-hydrogen) atoms. The van der Waals surface area contributed by atoms with Crippen LogP contribution in [-0.4, -0.2) is 14.8 Å². The van der Waals surface area contributed by atoms with Crippen LogP contribution in [-0.2, 0) is 7.05 Å². The maximum Gasteiger partial charge on any atom is 0.188 e. The molecule has 0 fully saturated rings. The molecule has 4 nitrogen and oxygen atoms in total. The minimum Gasteiger partial charge on any atom is -0.332 e. The molecule has 0 amide bonds. The number of para-hydroxylation sites is 1. The molecule has 6 heteroatoms. The standard InChI is InChI=1S/C17H13BrN4S/c1-22-16(13(18)10-19-22)11-5-4-6-12(9-11)20-17-21-14-7-2-3-8-15(14)23-17/h2-10H,1H3,(H,20,21). The lowest BCUT2D eigenvalue weighted by Crippen LogP contribution is -1.95. The van der Waals surface area contributed by atoms with Crippen LogP contribution in [0.4, 0.5) is 10.8 Å². The van der Waals surface area contributed by atoms with E-state index in [-0.39, 0.29) is 0 Å². The quantitative estimate of drug-likeness (QED) is 0.527. The van der Waals surface area contributed by atoms with Gasteiger partial charge >= 0.3 is 0 Å². The van der Waals surface area contributed by atoms with Crippen molar-refractivity contribution in [3.8, 4) is 11.3 Å². The van der Waals surface area contributed by atoms with E-state index in [0.29, 0.717) is 0 Å². The molecule has 0 atom stereocenters. The normalized spacial score (nSPS) is 11.0. The van der Waals surface area contributed by atoms with Gasteiger partial charge in [0.25, 0.3) is 0 Å². The van der Waals surface area contributed by atoms with Crippen LogP contribution in [0.5, 0.6) is 0 Å². The van der Waals surface area contributed by atoms with Crippen LogP contribution in [0, 0.1) is 0 Å². The van der Waals surface area contributed by atoms with Crippen LogP contribution in [0.3, 0.4) is 0 Å². The molecule has 0 aliphatic carbocycles. The summed E-state index contributed by atoms with van der Waals surface area (Å²) in [6.07, 6.45) is 1.81. The number of anilines is 2. The fraction of sp³-hybridized carbons (Fsp3) is 0.0588. The highest BCUT2D eigenvalue weighted by molar-refractivity contribution is 9.10. The first-order valence-corrected chi connectivity index (χ1v) is 8.72. The predicted octanol–water partition coefficient (Wildman–Crippen LogP) is 5.20. The van der Waals surface area contributed by atoms with Gasteiger partial charge in [-0.3, -0.25) is 4.68 Å². The van der Waals surface area contributed by atoms with E-state index in [2.05, 4.69) is 49.5 Å². The highest BCUT2D eigenvalue weighted by atomic mass is 79.9. The minimum atomic E-state index is 0.896. The van der Waals surface area contributed by atoms with Gasteiger partial charge in [0.05, 0.1) is 26.6 Å². The van der Waals surface area contributed by atoms with Gasteiger partial charge in [-0.15, -0.1) is 0 Å². The molecular weight excluding hydrogens is 372 g/mol. The Labute approximate surface area is 145 Å². The van der Waals surface area contributed by atoms with E-state index in [1.807, 2.05) is 48.3 Å². The molecule has 114 valence electrons. The highest BCUT2D eigenvalue weighted by Gasteiger charge is 2.10. The number of benzene rings is 2. The van der Waals surface area contributed by atoms with Gasteiger partial charge in [0.1, 0.15) is 0 Å². The van der Waals surface area contributed by atoms with Gasteiger partial charge in [-0.25, -0.2) is 4.98 Å². The summed E-state index contributed by atoms with van der Waals surface area (Å²) < 4.78 is 4.03. The summed E-state index contributed by atoms with van der Waals surface area (Å²) in [5.41, 5.74) is 4.18. The Hall–Kier alpha value is -2.18. The van der Waals surface area contributed by atoms with E-state index in [0.717, 1.165) is 32.1 Å². The van der Waals surface area contributed by atoms with E-state index in [1.165, 1.54) is 4.70 Å². The third-order valence-corrected chi connectivity index (χ3v) is 5.11. The van der Waals surface area contributed by atoms with Gasteiger partial charge in [0.2, 0.25) is 0 Å². The maximum atomic E-state index is 4.62. The first kappa shape index (κ1) is 14.4. The summed E-state index contributed by atoms with van der Waals surface area (Å²) in [5, 5.41) is 8.57. The van der Waals surface area contributed by atoms with Crippen molar-refractivity contribution >= 4 is 48.3 Å². The fourth-order valence-electron chi connectivity index (χ4n) is 2.53. The van der Waals surface area contributed by atoms with E-state index in [4.69, 9.17) is 0 Å². The Kier molecular flexibility index (Phi) is 3.63. The molecule has 0 spiro atoms. The second kappa shape index (κ2) is 5.79. The average molecular weight is 385 g/mol. The Morgan fingerprint density at radius 2 is 2.00 bits per heavy atom. The average Bonchev–Trinajstić information content (AvgIpc) is 3.10. The molecule has 4 aromatic rings. The topological polar surface area (TPSA) is 42.7 Å². The lowest BCUT2D eigenvalue weighted by Gasteiger charge is -2.07. The summed E-state index contributed by atoms with van der Waals surface area (Å²) in [6.45, 7) is 0. The van der Waals surface area contributed by atoms with Crippen molar-refractivity contribution in [2.24, 2.45) is 7.05 Å². The van der Waals surface area contributed by atoms with Gasteiger partial charge in [0, 0.05) is 18.3 Å². The minimum absolute atomic E-state index is 0.896. The van der Waals surface area contributed by atoms with Gasteiger partial charge in [-0.05, 0) is 40.2 Å². The number of aromatic nitrogens is 3. The molecule has 0 aliphatic heterocycles. The molecule has 4 rings (SSSR count). The summed E-state index contributed by atoms with van der Waals surface area (Å²) in [5.74, 6) is 0. The fourth-order valence-corrected chi connectivity index (χ4v) is 3.99. The summed E-state index contributed by atoms with van der Waals surface area (Å²) in [7, 11) is 1.94. The molecule has 2 heterocycles. The Morgan fingerprint density at radius 1 is 1.13 bits per heavy atom. The summed E-state index contributed by atoms with van der Waals surface area (Å²) >= 11 is 5.21. The van der Waals surface area contributed by atoms with Crippen molar-refractivity contribution in [2.45, 2.75) is 0 Å². The summed E-state index contributed by atoms with van der Waals surface area (Å²) in [6, 6.07) is 16.4. The number of thiazole rings is 1. The molecule has 0 saturated carbocycles. The SMILES string of the molecule is Cn1ncc(Br)c1-c1cccc(Nc2nc3ccccc3s2)c1. The second-order valence-electron chi connectivity index (χ2n) is 5.16. The zero-order valence-corrected chi connectivity index (χ0v) is 14.7. The molecule has 2 aromatic carbocycles. The zero-order valence-electron chi connectivity index (χ0n) is 12.3. The van der Waals surface area contributed by atoms with E-state index < -0.39 is 0 Å². The Balaban J connectivity index is 1.69. The third-order valence-electron chi connectivity index (χ3n) is 3.58. The second-order valence-corrected chi connectivity index (χ2v) is 7.04. The highest BCUT2D eigenvalue weighted by Crippen LogP contribution is 2.32. The van der Waals surface area contributed by atoms with Crippen molar-refractivity contribution in [2.75, 3.05) is 5.32 Å². The van der Waals surface area contributed by atoms with Crippen LogP contribution in [0.2, 0.25) is 0 Å². The Bertz CT molecular complexity index is 937. The lowest BCUT2D eigenvalue weighted by molar-refractivity contribution is 0.776. The van der Waals surface area contributed by atoms with Gasteiger partial charge in [0.15, 0.2) is 5.13 Å². The van der Waals surface area contributed by atoms with Crippen LogP contribution in [0.25, 0.3) is 21.5 Å². The zero-order chi connectivity index (χ0) is 15.8. The monoisotopic (exact) mass is 384 g/mol. The van der Waals surface area contributed by atoms with Gasteiger partial charge < -0.3 is 5.32 Å². The number of fused-ring (bicyclic) bond motifs is 1. The van der Waals surface area contributed by atoms with E-state index in [9.17, 15) is 0 Å². The molecule has 0 saturated heterocycles. The number of hydrogen-bond donors (Lipinski definition) is 1. The van der Waals surface area contributed by atoms with Crippen molar-refractivity contribution < 1.29 is 0 Å². The maximum absolute atomic E-state index is 4.62. The molecule has 0 unspecified atom stereocenters. The van der Waals surface area contributed by atoms with Crippen LogP contribution in [0.1, 0.15) is 0 Å². The van der Waals surface area contributed by atoms with E-state index >= 15 is 0 Å². The smallest absolute Gasteiger partial charge is 0.188 e.